The molecule has 1 heterocycles. The van der Waals surface area contributed by atoms with Crippen molar-refractivity contribution in [2.75, 3.05) is 5.32 Å². The third-order valence-corrected chi connectivity index (χ3v) is 4.26. The molecule has 19 heavy (non-hydrogen) atoms. The molecule has 0 amide bonds. The molecular formula is C14H17N3S2. The number of nitrogens with zero attached hydrogens (tertiary/aromatic N) is 1. The van der Waals surface area contributed by atoms with E-state index in [1.165, 1.54) is 0 Å². The fraction of sp³-hybridized carbons (Fsp3) is 0.286. The molecule has 0 spiro atoms. The van der Waals surface area contributed by atoms with Gasteiger partial charge < -0.3 is 11.1 Å². The van der Waals surface area contributed by atoms with Gasteiger partial charge in [0, 0.05) is 22.8 Å². The minimum atomic E-state index is -0.264. The topological polar surface area (TPSA) is 50.9 Å². The molecule has 5 heteroatoms. The molecule has 0 bridgehead atoms. The third-order valence-electron chi connectivity index (χ3n) is 2.94. The zero-order valence-electron chi connectivity index (χ0n) is 11.2. The molecule has 0 aliphatic carbocycles. The Kier molecular flexibility index (Phi) is 3.87. The zero-order valence-corrected chi connectivity index (χ0v) is 12.9. The molecule has 2 rings (SSSR count). The van der Waals surface area contributed by atoms with Crippen molar-refractivity contribution in [2.45, 2.75) is 26.3 Å². The molecule has 1 aromatic carbocycles. The lowest BCUT2D eigenvalue weighted by Gasteiger charge is -2.27. The van der Waals surface area contributed by atoms with Crippen LogP contribution in [0.5, 0.6) is 0 Å². The summed E-state index contributed by atoms with van der Waals surface area (Å²) in [6.07, 6.45) is 1.82. The first-order chi connectivity index (χ1) is 8.92. The molecule has 2 aromatic rings. The zero-order chi connectivity index (χ0) is 14.0. The number of para-hydroxylation sites is 1. The maximum absolute atomic E-state index is 5.80. The molecule has 0 aliphatic heterocycles. The monoisotopic (exact) mass is 291 g/mol. The summed E-state index contributed by atoms with van der Waals surface area (Å²) in [5.41, 5.74) is 8.51. The van der Waals surface area contributed by atoms with Crippen LogP contribution < -0.4 is 11.1 Å². The standard InChI is InChI=1S/C14H17N3S2/c1-9-5-4-6-10(12(15)18)11(9)17-14(2,3)13-16-7-8-19-13/h4-8,17H,1-3H3,(H2,15,18). The maximum Gasteiger partial charge on any atom is 0.117 e. The Morgan fingerprint density at radius 3 is 2.74 bits per heavy atom. The normalized spacial score (nSPS) is 11.3. The second-order valence-corrected chi connectivity index (χ2v) is 6.28. The van der Waals surface area contributed by atoms with E-state index < -0.39 is 0 Å². The van der Waals surface area contributed by atoms with Gasteiger partial charge in [0.25, 0.3) is 0 Å². The van der Waals surface area contributed by atoms with E-state index in [2.05, 4.69) is 24.1 Å². The van der Waals surface area contributed by atoms with Crippen molar-refractivity contribution in [3.8, 4) is 0 Å². The summed E-state index contributed by atoms with van der Waals surface area (Å²) in [5, 5.41) is 6.53. The quantitative estimate of drug-likeness (QED) is 0.847. The lowest BCUT2D eigenvalue weighted by Crippen LogP contribution is -2.29. The van der Waals surface area contributed by atoms with Gasteiger partial charge in [0.05, 0.1) is 5.54 Å². The van der Waals surface area contributed by atoms with Gasteiger partial charge in [-0.1, -0.05) is 24.4 Å². The number of benzene rings is 1. The number of nitrogens with two attached hydrogens (primary N) is 1. The summed E-state index contributed by atoms with van der Waals surface area (Å²) >= 11 is 6.75. The molecule has 0 saturated heterocycles. The Morgan fingerprint density at radius 2 is 2.16 bits per heavy atom. The summed E-state index contributed by atoms with van der Waals surface area (Å²) in [6.45, 7) is 6.24. The van der Waals surface area contributed by atoms with Crippen LogP contribution in [0.4, 0.5) is 5.69 Å². The number of thiazole rings is 1. The summed E-state index contributed by atoms with van der Waals surface area (Å²) in [7, 11) is 0. The number of hydrogen-bond donors (Lipinski definition) is 2. The average Bonchev–Trinajstić information content (AvgIpc) is 2.85. The van der Waals surface area contributed by atoms with Crippen molar-refractivity contribution < 1.29 is 0 Å². The van der Waals surface area contributed by atoms with Crippen LogP contribution in [0.3, 0.4) is 0 Å². The Labute approximate surface area is 122 Å². The van der Waals surface area contributed by atoms with Crippen LogP contribution in [0.25, 0.3) is 0 Å². The van der Waals surface area contributed by atoms with Crippen molar-refractivity contribution in [3.05, 3.63) is 45.9 Å². The summed E-state index contributed by atoms with van der Waals surface area (Å²) in [5.74, 6) is 0. The largest absolute Gasteiger partial charge is 0.389 e. The first kappa shape index (κ1) is 14.0. The molecule has 0 fully saturated rings. The van der Waals surface area contributed by atoms with E-state index >= 15 is 0 Å². The fourth-order valence-electron chi connectivity index (χ4n) is 1.94. The van der Waals surface area contributed by atoms with Gasteiger partial charge in [0.2, 0.25) is 0 Å². The second kappa shape index (κ2) is 5.27. The smallest absolute Gasteiger partial charge is 0.117 e. The van der Waals surface area contributed by atoms with Crippen molar-refractivity contribution in [2.24, 2.45) is 5.73 Å². The molecule has 0 atom stereocenters. The van der Waals surface area contributed by atoms with Crippen LogP contribution in [-0.4, -0.2) is 9.97 Å². The highest BCUT2D eigenvalue weighted by Crippen LogP contribution is 2.30. The van der Waals surface area contributed by atoms with E-state index in [4.69, 9.17) is 18.0 Å². The predicted molar refractivity (Wildman–Crippen MR) is 85.8 cm³/mol. The summed E-state index contributed by atoms with van der Waals surface area (Å²) < 4.78 is 0. The van der Waals surface area contributed by atoms with Gasteiger partial charge in [-0.3, -0.25) is 0 Å². The van der Waals surface area contributed by atoms with Crippen molar-refractivity contribution in [1.29, 1.82) is 0 Å². The highest BCUT2D eigenvalue weighted by Gasteiger charge is 2.25. The van der Waals surface area contributed by atoms with Gasteiger partial charge in [-0.2, -0.15) is 0 Å². The highest BCUT2D eigenvalue weighted by molar-refractivity contribution is 7.80. The minimum absolute atomic E-state index is 0.264. The number of hydrogen-bond acceptors (Lipinski definition) is 4. The fourth-order valence-corrected chi connectivity index (χ4v) is 2.83. The number of aromatic nitrogens is 1. The summed E-state index contributed by atoms with van der Waals surface area (Å²) in [4.78, 5) is 4.78. The first-order valence-corrected chi connectivity index (χ1v) is 7.28. The Hall–Kier alpha value is -1.46. The van der Waals surface area contributed by atoms with Crippen molar-refractivity contribution >= 4 is 34.2 Å². The molecule has 0 aliphatic rings. The number of nitrogens with one attached hydrogen (secondary N) is 1. The van der Waals surface area contributed by atoms with Gasteiger partial charge >= 0.3 is 0 Å². The SMILES string of the molecule is Cc1cccc(C(N)=S)c1NC(C)(C)c1nccs1. The molecule has 3 nitrogen and oxygen atoms in total. The Bertz CT molecular complexity index is 589. The molecule has 0 unspecified atom stereocenters. The molecule has 1 aromatic heterocycles. The van der Waals surface area contributed by atoms with E-state index in [1.54, 1.807) is 11.3 Å². The molecule has 0 radical (unpaired) electrons. The van der Waals surface area contributed by atoms with Gasteiger partial charge in [-0.05, 0) is 32.4 Å². The lowest BCUT2D eigenvalue weighted by atomic mass is 10.0. The minimum Gasteiger partial charge on any atom is -0.389 e. The first-order valence-electron chi connectivity index (χ1n) is 5.99. The number of anilines is 1. The van der Waals surface area contributed by atoms with Gasteiger partial charge in [-0.25, -0.2) is 4.98 Å². The number of rotatable bonds is 4. The Morgan fingerprint density at radius 1 is 1.42 bits per heavy atom. The van der Waals surface area contributed by atoms with Crippen molar-refractivity contribution in [1.82, 2.24) is 4.98 Å². The maximum atomic E-state index is 5.80. The number of aryl methyl sites for hydroxylation is 1. The molecule has 0 saturated carbocycles. The van der Waals surface area contributed by atoms with E-state index in [0.717, 1.165) is 21.8 Å². The van der Waals surface area contributed by atoms with Crippen LogP contribution in [-0.2, 0) is 5.54 Å². The molecular weight excluding hydrogens is 274 g/mol. The van der Waals surface area contributed by atoms with Gasteiger partial charge in [-0.15, -0.1) is 11.3 Å². The highest BCUT2D eigenvalue weighted by atomic mass is 32.1. The lowest BCUT2D eigenvalue weighted by molar-refractivity contribution is 0.603. The van der Waals surface area contributed by atoms with Crippen LogP contribution >= 0.6 is 23.6 Å². The van der Waals surface area contributed by atoms with Crippen LogP contribution in [0.2, 0.25) is 0 Å². The van der Waals surface area contributed by atoms with E-state index in [1.807, 2.05) is 36.7 Å². The Balaban J connectivity index is 2.41. The van der Waals surface area contributed by atoms with E-state index in [-0.39, 0.29) is 5.54 Å². The van der Waals surface area contributed by atoms with E-state index in [0.29, 0.717) is 4.99 Å². The number of thiocarbonyl (C=S) groups is 1. The average molecular weight is 291 g/mol. The van der Waals surface area contributed by atoms with Crippen LogP contribution in [0, 0.1) is 6.92 Å². The second-order valence-electron chi connectivity index (χ2n) is 4.95. The third kappa shape index (κ3) is 2.93. The van der Waals surface area contributed by atoms with E-state index in [9.17, 15) is 0 Å². The van der Waals surface area contributed by atoms with Crippen molar-refractivity contribution in [3.63, 3.8) is 0 Å². The van der Waals surface area contributed by atoms with Gasteiger partial charge in [0.1, 0.15) is 10.00 Å². The van der Waals surface area contributed by atoms with Gasteiger partial charge in [0.15, 0.2) is 0 Å². The molecule has 100 valence electrons. The van der Waals surface area contributed by atoms with Crippen LogP contribution in [0.15, 0.2) is 29.8 Å². The predicted octanol–water partition coefficient (Wildman–Crippen LogP) is 3.43. The van der Waals surface area contributed by atoms with Crippen LogP contribution in [0.1, 0.15) is 30.0 Å². The summed E-state index contributed by atoms with van der Waals surface area (Å²) in [6, 6.07) is 5.95. The molecule has 3 N–H and O–H groups in total.